The number of rotatable bonds is 7. The Morgan fingerprint density at radius 2 is 1.68 bits per heavy atom. The number of nitrogens with zero attached hydrogens (tertiary/aromatic N) is 6. The monoisotopic (exact) mass is 429 g/mol. The van der Waals surface area contributed by atoms with Crippen molar-refractivity contribution in [2.45, 2.75) is 12.1 Å². The average molecular weight is 430 g/mol. The van der Waals surface area contributed by atoms with Crippen molar-refractivity contribution in [3.63, 3.8) is 0 Å². The topological polar surface area (TPSA) is 98.0 Å². The molecule has 0 atom stereocenters. The molecule has 0 aliphatic rings. The Kier molecular flexibility index (Phi) is 6.44. The smallest absolute Gasteiger partial charge is 0.250 e. The van der Waals surface area contributed by atoms with Gasteiger partial charge in [0.2, 0.25) is 0 Å². The minimum Gasteiger partial charge on any atom is -0.272 e. The molecule has 4 aromatic rings. The molecule has 0 spiro atoms. The molecule has 154 valence electrons. The quantitative estimate of drug-likeness (QED) is 0.275. The Hall–Kier alpha value is -3.85. The Balaban J connectivity index is 1.51. The van der Waals surface area contributed by atoms with Crippen LogP contribution in [-0.4, -0.2) is 42.6 Å². The highest BCUT2D eigenvalue weighted by Crippen LogP contribution is 2.27. The van der Waals surface area contributed by atoms with Gasteiger partial charge in [0, 0.05) is 36.0 Å². The highest BCUT2D eigenvalue weighted by Gasteiger charge is 2.17. The second-order valence-electron chi connectivity index (χ2n) is 6.58. The van der Waals surface area contributed by atoms with Gasteiger partial charge in [-0.2, -0.15) is 5.10 Å². The molecule has 0 unspecified atom stereocenters. The van der Waals surface area contributed by atoms with E-state index in [2.05, 4.69) is 30.7 Å². The van der Waals surface area contributed by atoms with Crippen molar-refractivity contribution in [1.82, 2.24) is 30.2 Å². The Morgan fingerprint density at radius 3 is 2.39 bits per heavy atom. The van der Waals surface area contributed by atoms with E-state index in [0.717, 1.165) is 22.4 Å². The number of benzene rings is 1. The summed E-state index contributed by atoms with van der Waals surface area (Å²) in [6.07, 6.45) is 8.32. The van der Waals surface area contributed by atoms with Crippen molar-refractivity contribution < 1.29 is 4.79 Å². The van der Waals surface area contributed by atoms with Crippen LogP contribution in [0, 0.1) is 6.92 Å². The van der Waals surface area contributed by atoms with Gasteiger partial charge < -0.3 is 0 Å². The van der Waals surface area contributed by atoms with Crippen LogP contribution in [0.15, 0.2) is 83.6 Å². The number of aromatic nitrogens is 5. The molecular formula is C22H19N7OS. The molecule has 0 saturated heterocycles. The number of carbonyl (C=O) groups is 1. The Labute approximate surface area is 183 Å². The fraction of sp³-hybridized carbons (Fsp3) is 0.0909. The predicted octanol–water partition coefficient (Wildman–Crippen LogP) is 3.28. The zero-order valence-electron chi connectivity index (χ0n) is 16.7. The van der Waals surface area contributed by atoms with Gasteiger partial charge in [-0.25, -0.2) is 5.43 Å². The van der Waals surface area contributed by atoms with E-state index in [1.165, 1.54) is 11.8 Å². The first kappa shape index (κ1) is 20.4. The summed E-state index contributed by atoms with van der Waals surface area (Å²) in [5, 5.41) is 13.3. The standard InChI is InChI=1S/C22H19N7OS/c1-16-2-4-19(5-3-16)29-21(18-8-12-24-13-9-18)27-28-22(29)31-15-20(30)26-25-14-17-6-10-23-11-7-17/h2-14H,15H2,1H3,(H,26,30)/b25-14-. The summed E-state index contributed by atoms with van der Waals surface area (Å²) < 4.78 is 1.94. The normalized spacial score (nSPS) is 11.0. The van der Waals surface area contributed by atoms with Crippen molar-refractivity contribution >= 4 is 23.9 Å². The second-order valence-corrected chi connectivity index (χ2v) is 7.52. The third kappa shape index (κ3) is 5.20. The van der Waals surface area contributed by atoms with Crippen molar-refractivity contribution in [2.75, 3.05) is 5.75 Å². The van der Waals surface area contributed by atoms with E-state index < -0.39 is 0 Å². The summed E-state index contributed by atoms with van der Waals surface area (Å²) in [6, 6.07) is 15.4. The maximum Gasteiger partial charge on any atom is 0.250 e. The fourth-order valence-corrected chi connectivity index (χ4v) is 3.51. The van der Waals surface area contributed by atoms with E-state index in [1.807, 2.05) is 47.9 Å². The summed E-state index contributed by atoms with van der Waals surface area (Å²) in [5.41, 5.74) is 6.34. The summed E-state index contributed by atoms with van der Waals surface area (Å²) in [6.45, 7) is 2.03. The van der Waals surface area contributed by atoms with E-state index in [9.17, 15) is 4.79 Å². The molecule has 0 radical (unpaired) electrons. The van der Waals surface area contributed by atoms with Crippen LogP contribution < -0.4 is 5.43 Å². The zero-order chi connectivity index (χ0) is 21.5. The van der Waals surface area contributed by atoms with E-state index in [0.29, 0.717) is 11.0 Å². The number of thioether (sulfide) groups is 1. The lowest BCUT2D eigenvalue weighted by molar-refractivity contribution is -0.118. The molecule has 1 N–H and O–H groups in total. The van der Waals surface area contributed by atoms with Crippen molar-refractivity contribution in [3.8, 4) is 17.1 Å². The fourth-order valence-electron chi connectivity index (χ4n) is 2.77. The van der Waals surface area contributed by atoms with Gasteiger partial charge in [-0.3, -0.25) is 19.3 Å². The van der Waals surface area contributed by atoms with Gasteiger partial charge in [-0.1, -0.05) is 29.5 Å². The summed E-state index contributed by atoms with van der Waals surface area (Å²) in [4.78, 5) is 20.3. The molecule has 4 rings (SSSR count). The molecule has 0 aliphatic carbocycles. The third-order valence-corrected chi connectivity index (χ3v) is 5.23. The summed E-state index contributed by atoms with van der Waals surface area (Å²) in [5.74, 6) is 0.595. The zero-order valence-corrected chi connectivity index (χ0v) is 17.5. The molecule has 3 heterocycles. The summed E-state index contributed by atoms with van der Waals surface area (Å²) in [7, 11) is 0. The van der Waals surface area contributed by atoms with Crippen LogP contribution in [0.2, 0.25) is 0 Å². The Bertz CT molecular complexity index is 1180. The molecule has 0 fully saturated rings. The number of carbonyl (C=O) groups excluding carboxylic acids is 1. The lowest BCUT2D eigenvalue weighted by atomic mass is 10.2. The van der Waals surface area contributed by atoms with Gasteiger partial charge in [0.25, 0.3) is 5.91 Å². The molecule has 31 heavy (non-hydrogen) atoms. The molecular weight excluding hydrogens is 410 g/mol. The first-order valence-corrected chi connectivity index (χ1v) is 10.5. The molecule has 9 heteroatoms. The third-order valence-electron chi connectivity index (χ3n) is 4.31. The van der Waals surface area contributed by atoms with Gasteiger partial charge in [0.15, 0.2) is 11.0 Å². The molecule has 0 bridgehead atoms. The van der Waals surface area contributed by atoms with Crippen LogP contribution >= 0.6 is 11.8 Å². The van der Waals surface area contributed by atoms with E-state index in [4.69, 9.17) is 0 Å². The number of hydrogen-bond acceptors (Lipinski definition) is 7. The van der Waals surface area contributed by atoms with Gasteiger partial charge in [-0.05, 0) is 48.9 Å². The van der Waals surface area contributed by atoms with Crippen LogP contribution in [0.1, 0.15) is 11.1 Å². The van der Waals surface area contributed by atoms with Crippen LogP contribution in [-0.2, 0) is 4.79 Å². The lowest BCUT2D eigenvalue weighted by Crippen LogP contribution is -2.20. The number of pyridine rings is 2. The lowest BCUT2D eigenvalue weighted by Gasteiger charge is -2.10. The van der Waals surface area contributed by atoms with Crippen LogP contribution in [0.25, 0.3) is 17.1 Å². The van der Waals surface area contributed by atoms with Gasteiger partial charge >= 0.3 is 0 Å². The largest absolute Gasteiger partial charge is 0.272 e. The van der Waals surface area contributed by atoms with E-state index >= 15 is 0 Å². The molecule has 1 amide bonds. The number of hydrazone groups is 1. The molecule has 0 saturated carbocycles. The number of amides is 1. The maximum absolute atomic E-state index is 12.3. The van der Waals surface area contributed by atoms with Gasteiger partial charge in [0.1, 0.15) is 0 Å². The number of aryl methyl sites for hydroxylation is 1. The maximum atomic E-state index is 12.3. The molecule has 3 aromatic heterocycles. The minimum atomic E-state index is -0.237. The highest BCUT2D eigenvalue weighted by molar-refractivity contribution is 7.99. The summed E-state index contributed by atoms with van der Waals surface area (Å²) >= 11 is 1.29. The highest BCUT2D eigenvalue weighted by atomic mass is 32.2. The minimum absolute atomic E-state index is 0.147. The Morgan fingerprint density at radius 1 is 1.00 bits per heavy atom. The van der Waals surface area contributed by atoms with Crippen LogP contribution in [0.3, 0.4) is 0 Å². The SMILES string of the molecule is Cc1ccc(-n2c(SCC(=O)N/N=C\c3ccncc3)nnc2-c2ccncc2)cc1. The average Bonchev–Trinajstić information content (AvgIpc) is 3.23. The van der Waals surface area contributed by atoms with E-state index in [-0.39, 0.29) is 11.7 Å². The van der Waals surface area contributed by atoms with Crippen LogP contribution in [0.5, 0.6) is 0 Å². The molecule has 1 aromatic carbocycles. The molecule has 8 nitrogen and oxygen atoms in total. The van der Waals surface area contributed by atoms with Crippen molar-refractivity contribution in [2.24, 2.45) is 5.10 Å². The number of nitrogens with one attached hydrogen (secondary N) is 1. The second kappa shape index (κ2) is 9.77. The molecule has 0 aliphatic heterocycles. The number of hydrogen-bond donors (Lipinski definition) is 1. The van der Waals surface area contributed by atoms with Gasteiger partial charge in [-0.15, -0.1) is 10.2 Å². The van der Waals surface area contributed by atoms with Crippen LogP contribution in [0.4, 0.5) is 0 Å². The van der Waals surface area contributed by atoms with E-state index in [1.54, 1.807) is 43.1 Å². The first-order valence-electron chi connectivity index (χ1n) is 9.48. The van der Waals surface area contributed by atoms with Crippen molar-refractivity contribution in [1.29, 1.82) is 0 Å². The predicted molar refractivity (Wildman–Crippen MR) is 120 cm³/mol. The van der Waals surface area contributed by atoms with Crippen molar-refractivity contribution in [3.05, 3.63) is 84.4 Å². The van der Waals surface area contributed by atoms with Gasteiger partial charge in [0.05, 0.1) is 12.0 Å². The first-order chi connectivity index (χ1) is 15.2.